The van der Waals surface area contributed by atoms with E-state index in [0.717, 1.165) is 8.45 Å². The standard InChI is InChI=1S/C12H12INO3S/c1-16-8-4-3-7(5-9(8)17-2)11(15)12-14-6-10(13)18-12/h3-6,11,15H,1-2H3. The molecule has 4 nitrogen and oxygen atoms in total. The van der Waals surface area contributed by atoms with E-state index in [4.69, 9.17) is 9.47 Å². The monoisotopic (exact) mass is 377 g/mol. The molecule has 1 aromatic carbocycles. The molecule has 0 saturated carbocycles. The molecule has 0 radical (unpaired) electrons. The molecule has 2 rings (SSSR count). The molecule has 6 heteroatoms. The summed E-state index contributed by atoms with van der Waals surface area (Å²) in [7, 11) is 3.15. The number of ether oxygens (including phenoxy) is 2. The van der Waals surface area contributed by atoms with Gasteiger partial charge in [0.15, 0.2) is 11.5 Å². The fourth-order valence-corrected chi connectivity index (χ4v) is 3.03. The number of aromatic nitrogens is 1. The highest BCUT2D eigenvalue weighted by atomic mass is 127. The predicted molar refractivity (Wildman–Crippen MR) is 78.4 cm³/mol. The van der Waals surface area contributed by atoms with Gasteiger partial charge in [-0.25, -0.2) is 4.98 Å². The third kappa shape index (κ3) is 2.76. The molecule has 96 valence electrons. The molecule has 0 fully saturated rings. The fraction of sp³-hybridized carbons (Fsp3) is 0.250. The summed E-state index contributed by atoms with van der Waals surface area (Å²) in [5, 5.41) is 10.9. The molecule has 2 aromatic rings. The number of rotatable bonds is 4. The first kappa shape index (κ1) is 13.6. The number of hydrogen-bond acceptors (Lipinski definition) is 5. The van der Waals surface area contributed by atoms with Crippen LogP contribution in [0, 0.1) is 2.88 Å². The highest BCUT2D eigenvalue weighted by molar-refractivity contribution is 14.1. The third-order valence-corrected chi connectivity index (χ3v) is 4.23. The van der Waals surface area contributed by atoms with Gasteiger partial charge in [-0.1, -0.05) is 6.07 Å². The number of thiazole rings is 1. The van der Waals surface area contributed by atoms with Crippen LogP contribution < -0.4 is 9.47 Å². The maximum Gasteiger partial charge on any atom is 0.161 e. The Balaban J connectivity index is 2.33. The Bertz CT molecular complexity index is 544. The van der Waals surface area contributed by atoms with E-state index in [-0.39, 0.29) is 0 Å². The summed E-state index contributed by atoms with van der Waals surface area (Å²) in [6, 6.07) is 5.34. The minimum Gasteiger partial charge on any atom is -0.493 e. The third-order valence-electron chi connectivity index (χ3n) is 2.45. The molecule has 1 N–H and O–H groups in total. The van der Waals surface area contributed by atoms with E-state index in [1.54, 1.807) is 38.6 Å². The van der Waals surface area contributed by atoms with Crippen molar-refractivity contribution in [2.45, 2.75) is 6.10 Å². The first-order chi connectivity index (χ1) is 8.65. The van der Waals surface area contributed by atoms with Gasteiger partial charge in [0.05, 0.1) is 23.3 Å². The molecule has 0 spiro atoms. The lowest BCUT2D eigenvalue weighted by atomic mass is 10.1. The smallest absolute Gasteiger partial charge is 0.161 e. The summed E-state index contributed by atoms with van der Waals surface area (Å²) in [5.41, 5.74) is 0.735. The molecule has 0 bridgehead atoms. The number of aliphatic hydroxyl groups is 1. The molecule has 0 aliphatic rings. The Hall–Kier alpha value is -0.860. The normalized spacial score (nSPS) is 12.2. The van der Waals surface area contributed by atoms with E-state index in [0.29, 0.717) is 16.5 Å². The molecule has 1 unspecified atom stereocenters. The average molecular weight is 377 g/mol. The van der Waals surface area contributed by atoms with Gasteiger partial charge in [-0.2, -0.15) is 0 Å². The van der Waals surface area contributed by atoms with Gasteiger partial charge in [0.25, 0.3) is 0 Å². The Morgan fingerprint density at radius 2 is 2.00 bits per heavy atom. The van der Waals surface area contributed by atoms with Gasteiger partial charge in [0.2, 0.25) is 0 Å². The average Bonchev–Trinajstić information content (AvgIpc) is 2.83. The molecule has 1 atom stereocenters. The highest BCUT2D eigenvalue weighted by Gasteiger charge is 2.16. The van der Waals surface area contributed by atoms with Gasteiger partial charge in [-0.3, -0.25) is 0 Å². The van der Waals surface area contributed by atoms with Crippen LogP contribution in [0.2, 0.25) is 0 Å². The van der Waals surface area contributed by atoms with E-state index in [2.05, 4.69) is 27.6 Å². The van der Waals surface area contributed by atoms with Crippen molar-refractivity contribution >= 4 is 33.9 Å². The van der Waals surface area contributed by atoms with Crippen LogP contribution in [0.1, 0.15) is 16.7 Å². The van der Waals surface area contributed by atoms with Crippen molar-refractivity contribution in [3.63, 3.8) is 0 Å². The van der Waals surface area contributed by atoms with Crippen LogP contribution in [0.15, 0.2) is 24.4 Å². The van der Waals surface area contributed by atoms with E-state index < -0.39 is 6.10 Å². The maximum absolute atomic E-state index is 10.2. The molecular formula is C12H12INO3S. The van der Waals surface area contributed by atoms with E-state index in [1.165, 1.54) is 11.3 Å². The van der Waals surface area contributed by atoms with Crippen LogP contribution in [0.3, 0.4) is 0 Å². The lowest BCUT2D eigenvalue weighted by Crippen LogP contribution is -2.00. The SMILES string of the molecule is COc1ccc(C(O)c2ncc(I)s2)cc1OC. The van der Waals surface area contributed by atoms with Crippen molar-refractivity contribution in [2.24, 2.45) is 0 Å². The van der Waals surface area contributed by atoms with Gasteiger partial charge in [0.1, 0.15) is 11.1 Å². The van der Waals surface area contributed by atoms with Crippen LogP contribution in [0.25, 0.3) is 0 Å². The number of nitrogens with zero attached hydrogens (tertiary/aromatic N) is 1. The van der Waals surface area contributed by atoms with E-state index >= 15 is 0 Å². The van der Waals surface area contributed by atoms with Crippen LogP contribution in [-0.2, 0) is 0 Å². The van der Waals surface area contributed by atoms with Gasteiger partial charge < -0.3 is 14.6 Å². The van der Waals surface area contributed by atoms with Crippen LogP contribution in [0.5, 0.6) is 11.5 Å². The van der Waals surface area contributed by atoms with Gasteiger partial charge in [-0.15, -0.1) is 11.3 Å². The van der Waals surface area contributed by atoms with Crippen LogP contribution in [0.4, 0.5) is 0 Å². The lowest BCUT2D eigenvalue weighted by Gasteiger charge is -2.12. The molecule has 0 amide bonds. The quantitative estimate of drug-likeness (QED) is 0.833. The Morgan fingerprint density at radius 3 is 2.56 bits per heavy atom. The Kier molecular flexibility index (Phi) is 4.41. The summed E-state index contributed by atoms with van der Waals surface area (Å²) < 4.78 is 11.4. The first-order valence-corrected chi connectivity index (χ1v) is 7.06. The minimum atomic E-state index is -0.738. The fourth-order valence-electron chi connectivity index (χ4n) is 1.56. The topological polar surface area (TPSA) is 51.6 Å². The molecular weight excluding hydrogens is 365 g/mol. The largest absolute Gasteiger partial charge is 0.493 e. The van der Waals surface area contributed by atoms with Crippen LogP contribution >= 0.6 is 33.9 Å². The van der Waals surface area contributed by atoms with Gasteiger partial charge >= 0.3 is 0 Å². The lowest BCUT2D eigenvalue weighted by molar-refractivity contribution is 0.219. The number of hydrogen-bond donors (Lipinski definition) is 1. The molecule has 0 aliphatic heterocycles. The summed E-state index contributed by atoms with van der Waals surface area (Å²) in [6.45, 7) is 0. The van der Waals surface area contributed by atoms with Crippen molar-refractivity contribution in [3.05, 3.63) is 37.9 Å². The second-order valence-electron chi connectivity index (χ2n) is 3.52. The number of benzene rings is 1. The Morgan fingerprint density at radius 1 is 1.28 bits per heavy atom. The molecule has 1 aromatic heterocycles. The maximum atomic E-state index is 10.2. The second kappa shape index (κ2) is 5.85. The van der Waals surface area contributed by atoms with Crippen molar-refractivity contribution in [3.8, 4) is 11.5 Å². The number of halogens is 1. The van der Waals surface area contributed by atoms with Crippen molar-refractivity contribution in [2.75, 3.05) is 14.2 Å². The summed E-state index contributed by atoms with van der Waals surface area (Å²) in [4.78, 5) is 4.18. The summed E-state index contributed by atoms with van der Waals surface area (Å²) in [6.07, 6.45) is 1.00. The van der Waals surface area contributed by atoms with Gasteiger partial charge in [0, 0.05) is 0 Å². The first-order valence-electron chi connectivity index (χ1n) is 5.17. The number of aliphatic hydroxyl groups excluding tert-OH is 1. The van der Waals surface area contributed by atoms with Crippen molar-refractivity contribution < 1.29 is 14.6 Å². The summed E-state index contributed by atoms with van der Waals surface area (Å²) >= 11 is 3.65. The van der Waals surface area contributed by atoms with Crippen molar-refractivity contribution in [1.82, 2.24) is 4.98 Å². The molecule has 1 heterocycles. The van der Waals surface area contributed by atoms with Gasteiger partial charge in [-0.05, 0) is 40.3 Å². The van der Waals surface area contributed by atoms with E-state index in [1.807, 2.05) is 0 Å². The molecule has 18 heavy (non-hydrogen) atoms. The predicted octanol–water partition coefficient (Wildman–Crippen LogP) is 2.85. The zero-order chi connectivity index (χ0) is 13.1. The molecule has 0 saturated heterocycles. The number of methoxy groups -OCH3 is 2. The highest BCUT2D eigenvalue weighted by Crippen LogP contribution is 2.33. The van der Waals surface area contributed by atoms with E-state index in [9.17, 15) is 5.11 Å². The van der Waals surface area contributed by atoms with Crippen LogP contribution in [-0.4, -0.2) is 24.3 Å². The Labute approximate surface area is 123 Å². The minimum absolute atomic E-state index is 0.598. The zero-order valence-corrected chi connectivity index (χ0v) is 12.9. The summed E-state index contributed by atoms with van der Waals surface area (Å²) in [5.74, 6) is 1.24. The molecule has 0 aliphatic carbocycles. The zero-order valence-electron chi connectivity index (χ0n) is 9.88. The second-order valence-corrected chi connectivity index (χ2v) is 6.48. The van der Waals surface area contributed by atoms with Crippen molar-refractivity contribution in [1.29, 1.82) is 0 Å².